The molecule has 2 heterocycles. The number of benzene rings is 1. The molecule has 0 radical (unpaired) electrons. The molecule has 0 saturated heterocycles. The number of fused-ring (bicyclic) bond motifs is 1. The molecule has 0 atom stereocenters. The van der Waals surface area contributed by atoms with Crippen LogP contribution in [0.3, 0.4) is 0 Å². The van der Waals surface area contributed by atoms with Crippen LogP contribution in [-0.2, 0) is 0 Å². The normalized spacial score (nSPS) is 10.9. The van der Waals surface area contributed by atoms with E-state index in [1.165, 1.54) is 0 Å². The van der Waals surface area contributed by atoms with Crippen molar-refractivity contribution in [2.45, 2.75) is 0 Å². The summed E-state index contributed by atoms with van der Waals surface area (Å²) in [6.07, 6.45) is 1.74. The van der Waals surface area contributed by atoms with Gasteiger partial charge in [-0.1, -0.05) is 23.4 Å². The fourth-order valence-electron chi connectivity index (χ4n) is 1.75. The van der Waals surface area contributed by atoms with Crippen molar-refractivity contribution in [3.63, 3.8) is 0 Å². The zero-order valence-corrected chi connectivity index (χ0v) is 10.3. The van der Waals surface area contributed by atoms with E-state index in [9.17, 15) is 0 Å². The Morgan fingerprint density at radius 3 is 2.76 bits per heavy atom. The first-order valence-electron chi connectivity index (χ1n) is 5.02. The van der Waals surface area contributed by atoms with Gasteiger partial charge >= 0.3 is 0 Å². The molecule has 84 valence electrons. The molecule has 4 nitrogen and oxygen atoms in total. The van der Waals surface area contributed by atoms with Crippen LogP contribution in [0.25, 0.3) is 22.2 Å². The summed E-state index contributed by atoms with van der Waals surface area (Å²) in [4.78, 5) is 4.30. The number of nitrogens with two attached hydrogens (primary N) is 1. The fraction of sp³-hybridized carbons (Fsp3) is 0. The quantitative estimate of drug-likeness (QED) is 0.747. The van der Waals surface area contributed by atoms with Crippen molar-refractivity contribution in [2.24, 2.45) is 0 Å². The first kappa shape index (κ1) is 10.3. The molecule has 17 heavy (non-hydrogen) atoms. The van der Waals surface area contributed by atoms with Crippen molar-refractivity contribution in [1.29, 1.82) is 0 Å². The Balaban J connectivity index is 2.34. The molecular formula is C12H8BrN3O. The van der Waals surface area contributed by atoms with Crippen LogP contribution in [0, 0.1) is 0 Å². The van der Waals surface area contributed by atoms with Gasteiger partial charge in [0.2, 0.25) is 0 Å². The van der Waals surface area contributed by atoms with Gasteiger partial charge in [0.25, 0.3) is 0 Å². The van der Waals surface area contributed by atoms with Crippen LogP contribution in [0.1, 0.15) is 0 Å². The lowest BCUT2D eigenvalue weighted by molar-refractivity contribution is 0.435. The van der Waals surface area contributed by atoms with Crippen LogP contribution in [0.4, 0.5) is 5.82 Å². The molecule has 0 aliphatic carbocycles. The van der Waals surface area contributed by atoms with Crippen molar-refractivity contribution in [1.82, 2.24) is 10.1 Å². The van der Waals surface area contributed by atoms with Crippen LogP contribution in [0.15, 0.2) is 45.5 Å². The fourth-order valence-corrected chi connectivity index (χ4v) is 2.11. The molecule has 1 aromatic carbocycles. The molecular weight excluding hydrogens is 282 g/mol. The molecule has 0 fully saturated rings. The van der Waals surface area contributed by atoms with Crippen molar-refractivity contribution in [3.05, 3.63) is 41.0 Å². The van der Waals surface area contributed by atoms with Gasteiger partial charge in [0.1, 0.15) is 4.47 Å². The SMILES string of the molecule is Nc1noc(-c2ccnc3ccccc23)c1Br. The Labute approximate surface area is 106 Å². The van der Waals surface area contributed by atoms with Gasteiger partial charge in [-0.2, -0.15) is 0 Å². The number of halogens is 1. The molecule has 2 aromatic heterocycles. The highest BCUT2D eigenvalue weighted by Gasteiger charge is 2.15. The van der Waals surface area contributed by atoms with Crippen molar-refractivity contribution < 1.29 is 4.52 Å². The molecule has 0 unspecified atom stereocenters. The molecule has 5 heteroatoms. The number of hydrogen-bond donors (Lipinski definition) is 1. The number of pyridine rings is 1. The molecule has 0 aliphatic rings. The van der Waals surface area contributed by atoms with Crippen LogP contribution in [0.5, 0.6) is 0 Å². The molecule has 0 saturated carbocycles. The molecule has 3 aromatic rings. The van der Waals surface area contributed by atoms with Gasteiger partial charge in [0, 0.05) is 17.1 Å². The predicted octanol–water partition coefficient (Wildman–Crippen LogP) is 3.23. The van der Waals surface area contributed by atoms with Crippen molar-refractivity contribution in [3.8, 4) is 11.3 Å². The summed E-state index contributed by atoms with van der Waals surface area (Å²) in [5.74, 6) is 0.974. The van der Waals surface area contributed by atoms with E-state index >= 15 is 0 Å². The summed E-state index contributed by atoms with van der Waals surface area (Å²) < 4.78 is 5.91. The van der Waals surface area contributed by atoms with Gasteiger partial charge in [-0.05, 0) is 28.1 Å². The Morgan fingerprint density at radius 1 is 1.18 bits per heavy atom. The second-order valence-corrected chi connectivity index (χ2v) is 4.38. The van der Waals surface area contributed by atoms with Gasteiger partial charge in [0.15, 0.2) is 11.6 Å². The highest BCUT2D eigenvalue weighted by molar-refractivity contribution is 9.10. The molecule has 0 spiro atoms. The van der Waals surface area contributed by atoms with Crippen LogP contribution in [-0.4, -0.2) is 10.1 Å². The summed E-state index contributed by atoms with van der Waals surface area (Å²) in [6.45, 7) is 0. The number of nitrogens with zero attached hydrogens (tertiary/aromatic N) is 2. The van der Waals surface area contributed by atoms with E-state index in [0.29, 0.717) is 16.1 Å². The number of hydrogen-bond acceptors (Lipinski definition) is 4. The monoisotopic (exact) mass is 289 g/mol. The van der Waals surface area contributed by atoms with E-state index < -0.39 is 0 Å². The number of para-hydroxylation sites is 1. The smallest absolute Gasteiger partial charge is 0.184 e. The first-order chi connectivity index (χ1) is 8.27. The molecule has 0 amide bonds. The lowest BCUT2D eigenvalue weighted by atomic mass is 10.1. The van der Waals surface area contributed by atoms with Gasteiger partial charge in [-0.3, -0.25) is 4.98 Å². The average Bonchev–Trinajstić information content (AvgIpc) is 2.69. The van der Waals surface area contributed by atoms with Gasteiger partial charge in [-0.15, -0.1) is 0 Å². The second-order valence-electron chi connectivity index (χ2n) is 3.59. The maximum atomic E-state index is 5.65. The maximum Gasteiger partial charge on any atom is 0.184 e. The third-order valence-corrected chi connectivity index (χ3v) is 3.32. The standard InChI is InChI=1S/C12H8BrN3O/c13-10-11(17-16-12(10)14)8-5-6-15-9-4-2-1-3-7(8)9/h1-6H,(H2,14,16). The average molecular weight is 290 g/mol. The van der Waals surface area contributed by atoms with Crippen molar-refractivity contribution in [2.75, 3.05) is 5.73 Å². The third-order valence-electron chi connectivity index (χ3n) is 2.55. The lowest BCUT2D eigenvalue weighted by Gasteiger charge is -2.02. The minimum atomic E-state index is 0.348. The summed E-state index contributed by atoms with van der Waals surface area (Å²) in [7, 11) is 0. The topological polar surface area (TPSA) is 64.9 Å². The summed E-state index contributed by atoms with van der Waals surface area (Å²) in [5, 5.41) is 4.74. The molecule has 2 N–H and O–H groups in total. The number of nitrogen functional groups attached to an aromatic ring is 1. The minimum absolute atomic E-state index is 0.348. The largest absolute Gasteiger partial charge is 0.380 e. The second kappa shape index (κ2) is 3.85. The Kier molecular flexibility index (Phi) is 2.33. The van der Waals surface area contributed by atoms with E-state index in [1.807, 2.05) is 30.3 Å². The Bertz CT molecular complexity index is 688. The van der Waals surface area contributed by atoms with Crippen LogP contribution < -0.4 is 5.73 Å². The van der Waals surface area contributed by atoms with Gasteiger partial charge < -0.3 is 10.3 Å². The molecule has 0 aliphatic heterocycles. The maximum absolute atomic E-state index is 5.65. The third kappa shape index (κ3) is 1.59. The highest BCUT2D eigenvalue weighted by atomic mass is 79.9. The zero-order valence-electron chi connectivity index (χ0n) is 8.72. The summed E-state index contributed by atoms with van der Waals surface area (Å²) in [5.41, 5.74) is 7.49. The predicted molar refractivity (Wildman–Crippen MR) is 69.4 cm³/mol. The number of aromatic nitrogens is 2. The summed E-state index contributed by atoms with van der Waals surface area (Å²) in [6, 6.07) is 9.73. The van der Waals surface area contributed by atoms with Crippen LogP contribution in [0.2, 0.25) is 0 Å². The lowest BCUT2D eigenvalue weighted by Crippen LogP contribution is -1.85. The minimum Gasteiger partial charge on any atom is -0.380 e. The first-order valence-corrected chi connectivity index (χ1v) is 5.81. The van der Waals surface area contributed by atoms with E-state index in [2.05, 4.69) is 26.1 Å². The number of rotatable bonds is 1. The zero-order chi connectivity index (χ0) is 11.8. The van der Waals surface area contributed by atoms with E-state index in [4.69, 9.17) is 10.3 Å². The van der Waals surface area contributed by atoms with E-state index in [1.54, 1.807) is 6.20 Å². The van der Waals surface area contributed by atoms with E-state index in [0.717, 1.165) is 16.5 Å². The Hall–Kier alpha value is -1.88. The van der Waals surface area contributed by atoms with E-state index in [-0.39, 0.29) is 0 Å². The number of anilines is 1. The highest BCUT2D eigenvalue weighted by Crippen LogP contribution is 2.35. The van der Waals surface area contributed by atoms with Gasteiger partial charge in [0.05, 0.1) is 5.52 Å². The summed E-state index contributed by atoms with van der Waals surface area (Å²) >= 11 is 3.37. The Morgan fingerprint density at radius 2 is 2.00 bits per heavy atom. The van der Waals surface area contributed by atoms with Crippen LogP contribution >= 0.6 is 15.9 Å². The molecule has 3 rings (SSSR count). The van der Waals surface area contributed by atoms with Crippen molar-refractivity contribution >= 4 is 32.7 Å². The molecule has 0 bridgehead atoms. The van der Waals surface area contributed by atoms with Gasteiger partial charge in [-0.25, -0.2) is 0 Å².